The Morgan fingerprint density at radius 3 is 2.39 bits per heavy atom. The lowest BCUT2D eigenvalue weighted by molar-refractivity contribution is -0.148. The Morgan fingerprint density at radius 1 is 0.939 bits per heavy atom. The Bertz CT molecular complexity index is 671. The first-order valence-electron chi connectivity index (χ1n) is 14.4. The van der Waals surface area contributed by atoms with Crippen molar-refractivity contribution >= 4 is 0 Å². The maximum absolute atomic E-state index is 10.9. The van der Waals surface area contributed by atoms with Gasteiger partial charge in [0.15, 0.2) is 0 Å². The molecular formula is C30H54O3. The minimum Gasteiger partial charge on any atom is -0.390 e. The average Bonchev–Trinajstić information content (AvgIpc) is 3.10. The number of fused-ring (bicyclic) bond motifs is 5. The minimum atomic E-state index is -0.557. The second-order valence-electron chi connectivity index (χ2n) is 14.2. The fourth-order valence-electron chi connectivity index (χ4n) is 9.87. The number of methoxy groups -OCH3 is 1. The lowest BCUT2D eigenvalue weighted by Gasteiger charge is -2.62. The molecule has 0 spiro atoms. The summed E-state index contributed by atoms with van der Waals surface area (Å²) in [6.07, 6.45) is 15.5. The highest BCUT2D eigenvalue weighted by Crippen LogP contribution is 2.68. The van der Waals surface area contributed by atoms with Crippen molar-refractivity contribution in [1.29, 1.82) is 0 Å². The molecule has 3 nitrogen and oxygen atoms in total. The molecule has 0 amide bonds. The van der Waals surface area contributed by atoms with E-state index >= 15 is 0 Å². The molecule has 0 aliphatic heterocycles. The van der Waals surface area contributed by atoms with Gasteiger partial charge in [0.25, 0.3) is 0 Å². The van der Waals surface area contributed by atoms with Crippen LogP contribution in [0.25, 0.3) is 0 Å². The van der Waals surface area contributed by atoms with E-state index in [1.165, 1.54) is 44.9 Å². The lowest BCUT2D eigenvalue weighted by Crippen LogP contribution is -2.55. The fourth-order valence-corrected chi connectivity index (χ4v) is 9.87. The number of hydrogen-bond donors (Lipinski definition) is 2. The number of aliphatic hydroxyl groups is 2. The van der Waals surface area contributed by atoms with Gasteiger partial charge in [-0.05, 0) is 144 Å². The predicted molar refractivity (Wildman–Crippen MR) is 136 cm³/mol. The van der Waals surface area contributed by atoms with E-state index in [2.05, 4.69) is 27.7 Å². The van der Waals surface area contributed by atoms with Crippen LogP contribution in [0.15, 0.2) is 0 Å². The van der Waals surface area contributed by atoms with Gasteiger partial charge in [-0.2, -0.15) is 0 Å². The molecule has 0 radical (unpaired) electrons. The van der Waals surface area contributed by atoms with Gasteiger partial charge in [-0.15, -0.1) is 0 Å². The van der Waals surface area contributed by atoms with Crippen molar-refractivity contribution in [2.45, 2.75) is 129 Å². The van der Waals surface area contributed by atoms with Gasteiger partial charge in [-0.1, -0.05) is 20.8 Å². The van der Waals surface area contributed by atoms with Crippen LogP contribution in [0.2, 0.25) is 0 Å². The summed E-state index contributed by atoms with van der Waals surface area (Å²) in [4.78, 5) is 0. The standard InChI is InChI=1S/C30H54O3/c1-21(12-15-27(2,31)14-7-19-33-6)24-10-11-25-23-9-8-22-20-28(3,32)17-18-29(22,4)26(23)13-16-30(24,25)5/h21-26,31-32H,7-20H2,1-6H3. The zero-order valence-corrected chi connectivity index (χ0v) is 22.7. The van der Waals surface area contributed by atoms with Crippen LogP contribution in [-0.4, -0.2) is 35.1 Å². The normalized spacial score (nSPS) is 47.8. The van der Waals surface area contributed by atoms with Gasteiger partial charge >= 0.3 is 0 Å². The van der Waals surface area contributed by atoms with Gasteiger partial charge in [-0.3, -0.25) is 0 Å². The summed E-state index contributed by atoms with van der Waals surface area (Å²) >= 11 is 0. The second-order valence-corrected chi connectivity index (χ2v) is 14.2. The van der Waals surface area contributed by atoms with Crippen molar-refractivity contribution in [2.24, 2.45) is 46.3 Å². The first kappa shape index (κ1) is 26.0. The minimum absolute atomic E-state index is 0.432. The van der Waals surface area contributed by atoms with Gasteiger partial charge in [0.1, 0.15) is 0 Å². The van der Waals surface area contributed by atoms with Crippen LogP contribution in [0, 0.1) is 46.3 Å². The van der Waals surface area contributed by atoms with Gasteiger partial charge in [0.05, 0.1) is 11.2 Å². The van der Waals surface area contributed by atoms with Crippen molar-refractivity contribution in [3.05, 3.63) is 0 Å². The Labute approximate surface area is 204 Å². The average molecular weight is 463 g/mol. The molecule has 2 N–H and O–H groups in total. The maximum Gasteiger partial charge on any atom is 0.0622 e. The first-order chi connectivity index (χ1) is 15.4. The summed E-state index contributed by atoms with van der Waals surface area (Å²) in [7, 11) is 1.74. The van der Waals surface area contributed by atoms with Gasteiger partial charge in [-0.25, -0.2) is 0 Å². The molecule has 0 aromatic heterocycles. The molecule has 0 saturated heterocycles. The van der Waals surface area contributed by atoms with Crippen molar-refractivity contribution in [3.8, 4) is 0 Å². The van der Waals surface area contributed by atoms with Crippen molar-refractivity contribution in [2.75, 3.05) is 13.7 Å². The molecule has 0 bridgehead atoms. The molecule has 0 aromatic carbocycles. The Hall–Kier alpha value is -0.120. The molecule has 3 heteroatoms. The summed E-state index contributed by atoms with van der Waals surface area (Å²) in [6.45, 7) is 12.6. The van der Waals surface area contributed by atoms with E-state index in [0.717, 1.165) is 74.7 Å². The molecule has 0 aromatic rings. The molecule has 4 saturated carbocycles. The Balaban J connectivity index is 1.40. The quantitative estimate of drug-likeness (QED) is 0.382. The van der Waals surface area contributed by atoms with Gasteiger partial charge < -0.3 is 14.9 Å². The zero-order valence-electron chi connectivity index (χ0n) is 22.7. The number of rotatable bonds is 8. The highest BCUT2D eigenvalue weighted by atomic mass is 16.5. The van der Waals surface area contributed by atoms with Crippen LogP contribution >= 0.6 is 0 Å². The number of hydrogen-bond acceptors (Lipinski definition) is 3. The molecule has 10 unspecified atom stereocenters. The number of ether oxygens (including phenoxy) is 1. The van der Waals surface area contributed by atoms with Crippen LogP contribution in [0.3, 0.4) is 0 Å². The summed E-state index contributed by atoms with van der Waals surface area (Å²) in [5.74, 6) is 4.91. The summed E-state index contributed by atoms with van der Waals surface area (Å²) in [6, 6.07) is 0. The third-order valence-corrected chi connectivity index (χ3v) is 11.9. The van der Waals surface area contributed by atoms with E-state index in [1.807, 2.05) is 6.92 Å². The maximum atomic E-state index is 10.9. The van der Waals surface area contributed by atoms with E-state index in [-0.39, 0.29) is 0 Å². The van der Waals surface area contributed by atoms with Gasteiger partial charge in [0.2, 0.25) is 0 Å². The van der Waals surface area contributed by atoms with E-state index in [9.17, 15) is 10.2 Å². The largest absolute Gasteiger partial charge is 0.390 e. The third-order valence-electron chi connectivity index (χ3n) is 11.9. The molecule has 10 atom stereocenters. The third kappa shape index (κ3) is 4.94. The Morgan fingerprint density at radius 2 is 1.67 bits per heavy atom. The van der Waals surface area contributed by atoms with E-state index in [4.69, 9.17) is 4.74 Å². The van der Waals surface area contributed by atoms with E-state index in [0.29, 0.717) is 16.7 Å². The molecule has 0 heterocycles. The molecule has 4 aliphatic rings. The van der Waals surface area contributed by atoms with Crippen LogP contribution in [-0.2, 0) is 4.74 Å². The first-order valence-corrected chi connectivity index (χ1v) is 14.4. The SMILES string of the molecule is COCCCC(C)(O)CCC(C)C1CCC2C3CCC4CC(C)(O)CCC4(C)C3CCC12C. The highest BCUT2D eigenvalue weighted by molar-refractivity contribution is 5.10. The van der Waals surface area contributed by atoms with Crippen molar-refractivity contribution in [1.82, 2.24) is 0 Å². The highest BCUT2D eigenvalue weighted by Gasteiger charge is 2.61. The molecule has 4 fully saturated rings. The molecular weight excluding hydrogens is 408 g/mol. The van der Waals surface area contributed by atoms with Crippen LogP contribution in [0.4, 0.5) is 0 Å². The summed E-state index contributed by atoms with van der Waals surface area (Å²) < 4.78 is 5.19. The Kier molecular flexibility index (Phi) is 7.39. The van der Waals surface area contributed by atoms with Crippen LogP contribution in [0.1, 0.15) is 118 Å². The van der Waals surface area contributed by atoms with E-state index < -0.39 is 11.2 Å². The smallest absolute Gasteiger partial charge is 0.0622 e. The van der Waals surface area contributed by atoms with Gasteiger partial charge in [0, 0.05) is 13.7 Å². The summed E-state index contributed by atoms with van der Waals surface area (Å²) in [5.41, 5.74) is -0.0414. The molecule has 4 rings (SSSR count). The lowest BCUT2D eigenvalue weighted by atomic mass is 9.43. The van der Waals surface area contributed by atoms with Crippen LogP contribution < -0.4 is 0 Å². The van der Waals surface area contributed by atoms with E-state index in [1.54, 1.807) is 7.11 Å². The van der Waals surface area contributed by atoms with Crippen LogP contribution in [0.5, 0.6) is 0 Å². The molecule has 192 valence electrons. The fraction of sp³-hybridized carbons (Fsp3) is 1.00. The summed E-state index contributed by atoms with van der Waals surface area (Å²) in [5, 5.41) is 21.6. The van der Waals surface area contributed by atoms with Crippen molar-refractivity contribution < 1.29 is 14.9 Å². The molecule has 33 heavy (non-hydrogen) atoms. The zero-order chi connectivity index (χ0) is 24.1. The molecule has 4 aliphatic carbocycles. The monoisotopic (exact) mass is 462 g/mol. The topological polar surface area (TPSA) is 49.7 Å². The predicted octanol–water partition coefficient (Wildman–Crippen LogP) is 6.99. The second kappa shape index (κ2) is 9.40. The van der Waals surface area contributed by atoms with Crippen molar-refractivity contribution in [3.63, 3.8) is 0 Å².